The average molecular weight is 208 g/mol. The molecule has 0 radical (unpaired) electrons. The third-order valence-electron chi connectivity index (χ3n) is 2.63. The highest BCUT2D eigenvalue weighted by atomic mass is 19.1. The van der Waals surface area contributed by atoms with Gasteiger partial charge in [-0.3, -0.25) is 4.79 Å². The van der Waals surface area contributed by atoms with Crippen molar-refractivity contribution in [1.29, 1.82) is 0 Å². The van der Waals surface area contributed by atoms with Crippen LogP contribution in [0.25, 0.3) is 0 Å². The molecule has 1 aromatic rings. The van der Waals surface area contributed by atoms with Gasteiger partial charge in [-0.25, -0.2) is 4.39 Å². The number of benzene rings is 1. The second kappa shape index (κ2) is 4.01. The van der Waals surface area contributed by atoms with Gasteiger partial charge in [0.15, 0.2) is 0 Å². The number of ketones is 1. The number of carbonyl (C=O) groups is 1. The van der Waals surface area contributed by atoms with Crippen LogP contribution in [-0.2, 0) is 4.79 Å². The lowest BCUT2D eigenvalue weighted by molar-refractivity contribution is -0.117. The van der Waals surface area contributed by atoms with E-state index in [-0.39, 0.29) is 17.7 Å². The second-order valence-corrected chi connectivity index (χ2v) is 3.93. The van der Waals surface area contributed by atoms with Gasteiger partial charge < -0.3 is 4.74 Å². The molecule has 1 fully saturated rings. The van der Waals surface area contributed by atoms with Crippen molar-refractivity contribution in [3.63, 3.8) is 0 Å². The minimum Gasteiger partial charge on any atom is -0.490 e. The first kappa shape index (κ1) is 10.1. The van der Waals surface area contributed by atoms with Gasteiger partial charge in [-0.05, 0) is 37.1 Å². The summed E-state index contributed by atoms with van der Waals surface area (Å²) in [4.78, 5) is 11.0. The van der Waals surface area contributed by atoms with E-state index in [4.69, 9.17) is 4.74 Å². The fraction of sp³-hybridized carbons (Fsp3) is 0.417. The van der Waals surface area contributed by atoms with Crippen molar-refractivity contribution in [3.8, 4) is 5.75 Å². The zero-order valence-electron chi connectivity index (χ0n) is 8.63. The number of Topliss-reactive ketones (excluding diaryl/α,β-unsaturated/α-hetero) is 1. The Balaban J connectivity index is 2.07. The predicted molar refractivity (Wildman–Crippen MR) is 54.4 cm³/mol. The number of hydrogen-bond acceptors (Lipinski definition) is 2. The highest BCUT2D eigenvalue weighted by Crippen LogP contribution is 2.25. The van der Waals surface area contributed by atoms with Crippen LogP contribution < -0.4 is 4.74 Å². The summed E-state index contributed by atoms with van der Waals surface area (Å²) in [6, 6.07) is 4.43. The summed E-state index contributed by atoms with van der Waals surface area (Å²) < 4.78 is 18.5. The standard InChI is InChI=1S/C12H13FO2/c1-8-6-9(13)2-5-12(8)15-11-4-3-10(14)7-11/h2,5-6,11H,3-4,7H2,1H3. The normalized spacial score (nSPS) is 20.7. The minimum atomic E-state index is -0.262. The van der Waals surface area contributed by atoms with Crippen molar-refractivity contribution in [2.45, 2.75) is 32.3 Å². The molecule has 1 aliphatic carbocycles. The molecule has 0 aliphatic heterocycles. The summed E-state index contributed by atoms with van der Waals surface area (Å²) in [6.07, 6.45) is 1.83. The number of carbonyl (C=O) groups excluding carboxylic acids is 1. The zero-order valence-corrected chi connectivity index (χ0v) is 8.63. The topological polar surface area (TPSA) is 26.3 Å². The molecular formula is C12H13FO2. The SMILES string of the molecule is Cc1cc(F)ccc1OC1CCC(=O)C1. The Bertz CT molecular complexity index is 387. The van der Waals surface area contributed by atoms with Gasteiger partial charge in [-0.1, -0.05) is 0 Å². The highest BCUT2D eigenvalue weighted by molar-refractivity contribution is 5.81. The summed E-state index contributed by atoms with van der Waals surface area (Å²) in [7, 11) is 0. The van der Waals surface area contributed by atoms with E-state index in [0.29, 0.717) is 18.6 Å². The second-order valence-electron chi connectivity index (χ2n) is 3.93. The van der Waals surface area contributed by atoms with Crippen molar-refractivity contribution in [2.75, 3.05) is 0 Å². The van der Waals surface area contributed by atoms with E-state index in [1.807, 2.05) is 0 Å². The van der Waals surface area contributed by atoms with Crippen molar-refractivity contribution in [3.05, 3.63) is 29.6 Å². The van der Waals surface area contributed by atoms with Crippen LogP contribution in [0.1, 0.15) is 24.8 Å². The Hall–Kier alpha value is -1.38. The van der Waals surface area contributed by atoms with Gasteiger partial charge in [0.1, 0.15) is 23.5 Å². The maximum atomic E-state index is 12.8. The smallest absolute Gasteiger partial charge is 0.136 e. The van der Waals surface area contributed by atoms with Gasteiger partial charge in [-0.15, -0.1) is 0 Å². The Morgan fingerprint density at radius 3 is 2.87 bits per heavy atom. The maximum Gasteiger partial charge on any atom is 0.136 e. The molecule has 2 nitrogen and oxygen atoms in total. The van der Waals surface area contributed by atoms with Crippen LogP contribution in [0.4, 0.5) is 4.39 Å². The van der Waals surface area contributed by atoms with Crippen LogP contribution in [0.3, 0.4) is 0 Å². The summed E-state index contributed by atoms with van der Waals surface area (Å²) in [5, 5.41) is 0. The average Bonchev–Trinajstić information content (AvgIpc) is 2.56. The Labute approximate surface area is 88.1 Å². The van der Waals surface area contributed by atoms with E-state index in [2.05, 4.69) is 0 Å². The highest BCUT2D eigenvalue weighted by Gasteiger charge is 2.23. The monoisotopic (exact) mass is 208 g/mol. The maximum absolute atomic E-state index is 12.8. The number of ether oxygens (including phenoxy) is 1. The Morgan fingerprint density at radius 2 is 2.27 bits per heavy atom. The summed E-state index contributed by atoms with van der Waals surface area (Å²) in [5.41, 5.74) is 0.773. The minimum absolute atomic E-state index is 0.0262. The van der Waals surface area contributed by atoms with Crippen LogP contribution in [0, 0.1) is 12.7 Å². The molecule has 0 heterocycles. The van der Waals surface area contributed by atoms with Gasteiger partial charge >= 0.3 is 0 Å². The zero-order chi connectivity index (χ0) is 10.8. The molecule has 0 amide bonds. The first-order valence-electron chi connectivity index (χ1n) is 5.09. The molecule has 0 N–H and O–H groups in total. The molecule has 1 atom stereocenters. The number of aryl methyl sites for hydroxylation is 1. The van der Waals surface area contributed by atoms with Crippen molar-refractivity contribution >= 4 is 5.78 Å². The first-order chi connectivity index (χ1) is 7.15. The van der Waals surface area contributed by atoms with Crippen LogP contribution in [0.15, 0.2) is 18.2 Å². The summed E-state index contributed by atoms with van der Waals surface area (Å²) in [5.74, 6) is 0.665. The Morgan fingerprint density at radius 1 is 1.47 bits per heavy atom. The molecule has 1 aliphatic rings. The Kier molecular flexibility index (Phi) is 2.71. The van der Waals surface area contributed by atoms with Crippen LogP contribution in [0.2, 0.25) is 0 Å². The molecule has 0 spiro atoms. The van der Waals surface area contributed by atoms with Crippen molar-refractivity contribution in [1.82, 2.24) is 0 Å². The fourth-order valence-electron chi connectivity index (χ4n) is 1.81. The number of rotatable bonds is 2. The first-order valence-corrected chi connectivity index (χ1v) is 5.09. The molecule has 80 valence electrons. The molecule has 2 rings (SSSR count). The molecule has 3 heteroatoms. The molecule has 1 unspecified atom stereocenters. The van der Waals surface area contributed by atoms with E-state index in [1.54, 1.807) is 13.0 Å². The lowest BCUT2D eigenvalue weighted by Gasteiger charge is -2.14. The molecule has 0 bridgehead atoms. The van der Waals surface area contributed by atoms with Crippen LogP contribution in [0.5, 0.6) is 5.75 Å². The summed E-state index contributed by atoms with van der Waals surface area (Å²) >= 11 is 0. The third-order valence-corrected chi connectivity index (χ3v) is 2.63. The third kappa shape index (κ3) is 2.35. The quantitative estimate of drug-likeness (QED) is 0.746. The van der Waals surface area contributed by atoms with E-state index >= 15 is 0 Å². The van der Waals surface area contributed by atoms with Gasteiger partial charge in [0.25, 0.3) is 0 Å². The molecule has 1 saturated carbocycles. The number of hydrogen-bond donors (Lipinski definition) is 0. The predicted octanol–water partition coefficient (Wildman–Crippen LogP) is 2.63. The van der Waals surface area contributed by atoms with Gasteiger partial charge in [0, 0.05) is 12.8 Å². The lowest BCUT2D eigenvalue weighted by Crippen LogP contribution is -2.12. The largest absolute Gasteiger partial charge is 0.490 e. The van der Waals surface area contributed by atoms with Crippen LogP contribution in [-0.4, -0.2) is 11.9 Å². The van der Waals surface area contributed by atoms with Gasteiger partial charge in [0.2, 0.25) is 0 Å². The van der Waals surface area contributed by atoms with E-state index in [0.717, 1.165) is 12.0 Å². The molecule has 1 aromatic carbocycles. The molecule has 0 aromatic heterocycles. The summed E-state index contributed by atoms with van der Waals surface area (Å²) in [6.45, 7) is 1.80. The van der Waals surface area contributed by atoms with Gasteiger partial charge in [-0.2, -0.15) is 0 Å². The van der Waals surface area contributed by atoms with E-state index in [1.165, 1.54) is 12.1 Å². The van der Waals surface area contributed by atoms with E-state index < -0.39 is 0 Å². The lowest BCUT2D eigenvalue weighted by atomic mass is 10.2. The molecule has 15 heavy (non-hydrogen) atoms. The van der Waals surface area contributed by atoms with Crippen molar-refractivity contribution in [2.24, 2.45) is 0 Å². The van der Waals surface area contributed by atoms with E-state index in [9.17, 15) is 9.18 Å². The molecule has 0 saturated heterocycles. The fourth-order valence-corrected chi connectivity index (χ4v) is 1.81. The van der Waals surface area contributed by atoms with Crippen molar-refractivity contribution < 1.29 is 13.9 Å². The molecular weight excluding hydrogens is 195 g/mol. The number of halogens is 1. The van der Waals surface area contributed by atoms with Crippen LogP contribution >= 0.6 is 0 Å². The van der Waals surface area contributed by atoms with Gasteiger partial charge in [0.05, 0.1) is 0 Å².